The molecular formula is C12H18ClN3O2. The second-order valence-corrected chi connectivity index (χ2v) is 4.41. The number of rotatable bonds is 6. The van der Waals surface area contributed by atoms with Crippen molar-refractivity contribution < 1.29 is 9.53 Å². The lowest BCUT2D eigenvalue weighted by Crippen LogP contribution is -2.38. The number of nitrogen functional groups attached to an aromatic ring is 1. The molecule has 0 radical (unpaired) electrons. The highest BCUT2D eigenvalue weighted by molar-refractivity contribution is 6.33. The topological polar surface area (TPSA) is 77.2 Å². The number of carbonyl (C=O) groups is 1. The van der Waals surface area contributed by atoms with Gasteiger partial charge in [0.25, 0.3) is 5.91 Å². The fraction of sp³-hybridized carbons (Fsp3) is 0.500. The summed E-state index contributed by atoms with van der Waals surface area (Å²) in [5.41, 5.74) is 5.87. The highest BCUT2D eigenvalue weighted by Crippen LogP contribution is 2.16. The van der Waals surface area contributed by atoms with Crippen molar-refractivity contribution in [2.75, 3.05) is 19.5 Å². The maximum atomic E-state index is 12.0. The van der Waals surface area contributed by atoms with Crippen LogP contribution >= 0.6 is 11.6 Å². The number of hydrogen-bond donors (Lipinski definition) is 2. The lowest BCUT2D eigenvalue weighted by Gasteiger charge is -2.17. The van der Waals surface area contributed by atoms with Crippen molar-refractivity contribution in [1.82, 2.24) is 10.3 Å². The molecule has 100 valence electrons. The van der Waals surface area contributed by atoms with Gasteiger partial charge in [-0.05, 0) is 12.5 Å². The zero-order valence-electron chi connectivity index (χ0n) is 10.6. The molecule has 1 aromatic heterocycles. The first-order valence-corrected chi connectivity index (χ1v) is 6.17. The molecule has 0 saturated heterocycles. The monoisotopic (exact) mass is 271 g/mol. The van der Waals surface area contributed by atoms with Crippen LogP contribution in [0.5, 0.6) is 0 Å². The Kier molecular flexibility index (Phi) is 5.88. The van der Waals surface area contributed by atoms with Crippen molar-refractivity contribution in [3.8, 4) is 0 Å². The van der Waals surface area contributed by atoms with Crippen LogP contribution in [0.3, 0.4) is 0 Å². The zero-order valence-corrected chi connectivity index (χ0v) is 11.3. The number of methoxy groups -OCH3 is 1. The van der Waals surface area contributed by atoms with Crippen LogP contribution in [0, 0.1) is 0 Å². The van der Waals surface area contributed by atoms with Gasteiger partial charge in [-0.15, -0.1) is 0 Å². The SMILES string of the molecule is CCCC(COC)NC(=O)c1cc(N)ncc1Cl. The van der Waals surface area contributed by atoms with Crippen molar-refractivity contribution in [2.45, 2.75) is 25.8 Å². The number of ether oxygens (including phenoxy) is 1. The number of nitrogens with one attached hydrogen (secondary N) is 1. The summed E-state index contributed by atoms with van der Waals surface area (Å²) < 4.78 is 5.06. The first-order chi connectivity index (χ1) is 8.58. The molecule has 1 unspecified atom stereocenters. The van der Waals surface area contributed by atoms with E-state index in [0.29, 0.717) is 12.2 Å². The Bertz CT molecular complexity index is 406. The number of nitrogens with two attached hydrogens (primary N) is 1. The van der Waals surface area contributed by atoms with Crippen LogP contribution in [-0.4, -0.2) is 30.6 Å². The van der Waals surface area contributed by atoms with E-state index >= 15 is 0 Å². The molecule has 0 aliphatic carbocycles. The third kappa shape index (κ3) is 4.16. The van der Waals surface area contributed by atoms with Crippen molar-refractivity contribution in [3.05, 3.63) is 22.8 Å². The van der Waals surface area contributed by atoms with E-state index in [1.807, 2.05) is 6.92 Å². The molecule has 1 amide bonds. The number of aromatic nitrogens is 1. The van der Waals surface area contributed by atoms with E-state index in [2.05, 4.69) is 10.3 Å². The van der Waals surface area contributed by atoms with Gasteiger partial charge in [0.05, 0.1) is 23.2 Å². The number of nitrogens with zero attached hydrogens (tertiary/aromatic N) is 1. The van der Waals surface area contributed by atoms with Gasteiger partial charge < -0.3 is 15.8 Å². The normalized spacial score (nSPS) is 12.2. The molecule has 0 aromatic carbocycles. The van der Waals surface area contributed by atoms with E-state index in [9.17, 15) is 4.79 Å². The predicted molar refractivity (Wildman–Crippen MR) is 71.7 cm³/mol. The highest BCUT2D eigenvalue weighted by atomic mass is 35.5. The number of amides is 1. The van der Waals surface area contributed by atoms with Crippen molar-refractivity contribution in [2.24, 2.45) is 0 Å². The van der Waals surface area contributed by atoms with E-state index in [0.717, 1.165) is 12.8 Å². The minimum Gasteiger partial charge on any atom is -0.384 e. The Balaban J connectivity index is 2.76. The van der Waals surface area contributed by atoms with Crippen LogP contribution in [-0.2, 0) is 4.74 Å². The largest absolute Gasteiger partial charge is 0.384 e. The van der Waals surface area contributed by atoms with E-state index in [4.69, 9.17) is 22.1 Å². The molecule has 0 spiro atoms. The van der Waals surface area contributed by atoms with E-state index in [1.165, 1.54) is 12.3 Å². The number of carbonyl (C=O) groups excluding carboxylic acids is 1. The number of hydrogen-bond acceptors (Lipinski definition) is 4. The summed E-state index contributed by atoms with van der Waals surface area (Å²) in [6.07, 6.45) is 3.18. The van der Waals surface area contributed by atoms with Crippen LogP contribution < -0.4 is 11.1 Å². The smallest absolute Gasteiger partial charge is 0.253 e. The predicted octanol–water partition coefficient (Wildman–Crippen LogP) is 1.86. The molecule has 0 aliphatic heterocycles. The van der Waals surface area contributed by atoms with Crippen molar-refractivity contribution >= 4 is 23.3 Å². The van der Waals surface area contributed by atoms with Crippen LogP contribution in [0.1, 0.15) is 30.1 Å². The molecule has 0 aliphatic rings. The average Bonchev–Trinajstić information content (AvgIpc) is 2.33. The highest BCUT2D eigenvalue weighted by Gasteiger charge is 2.16. The third-order valence-electron chi connectivity index (χ3n) is 2.46. The van der Waals surface area contributed by atoms with Gasteiger partial charge in [-0.25, -0.2) is 4.98 Å². The summed E-state index contributed by atoms with van der Waals surface area (Å²) in [5.74, 6) is 0.00735. The van der Waals surface area contributed by atoms with Crippen molar-refractivity contribution in [1.29, 1.82) is 0 Å². The molecule has 1 atom stereocenters. The molecular weight excluding hydrogens is 254 g/mol. The quantitative estimate of drug-likeness (QED) is 0.828. The first kappa shape index (κ1) is 14.7. The van der Waals surface area contributed by atoms with Crippen LogP contribution in [0.2, 0.25) is 5.02 Å². The zero-order chi connectivity index (χ0) is 13.5. The Morgan fingerprint density at radius 3 is 3.00 bits per heavy atom. The Morgan fingerprint density at radius 1 is 1.67 bits per heavy atom. The molecule has 3 N–H and O–H groups in total. The van der Waals surface area contributed by atoms with Gasteiger partial charge in [0.2, 0.25) is 0 Å². The van der Waals surface area contributed by atoms with Crippen LogP contribution in [0.25, 0.3) is 0 Å². The van der Waals surface area contributed by atoms with E-state index in [-0.39, 0.29) is 22.8 Å². The fourth-order valence-corrected chi connectivity index (χ4v) is 1.83. The average molecular weight is 272 g/mol. The van der Waals surface area contributed by atoms with Crippen molar-refractivity contribution in [3.63, 3.8) is 0 Å². The van der Waals surface area contributed by atoms with Gasteiger partial charge >= 0.3 is 0 Å². The minimum absolute atomic E-state index is 0.0297. The molecule has 6 heteroatoms. The standard InChI is InChI=1S/C12H18ClN3O2/c1-3-4-8(7-18-2)16-12(17)9-5-11(14)15-6-10(9)13/h5-6,8H,3-4,7H2,1-2H3,(H2,14,15)(H,16,17). The third-order valence-corrected chi connectivity index (χ3v) is 2.76. The lowest BCUT2D eigenvalue weighted by atomic mass is 10.1. The summed E-state index contributed by atoms with van der Waals surface area (Å²) in [4.78, 5) is 15.9. The Hall–Kier alpha value is -1.33. The molecule has 0 bridgehead atoms. The van der Waals surface area contributed by atoms with Gasteiger partial charge in [-0.3, -0.25) is 4.79 Å². The Morgan fingerprint density at radius 2 is 2.39 bits per heavy atom. The lowest BCUT2D eigenvalue weighted by molar-refractivity contribution is 0.0891. The molecule has 1 aromatic rings. The molecule has 1 rings (SSSR count). The second kappa shape index (κ2) is 7.18. The van der Waals surface area contributed by atoms with Gasteiger partial charge in [-0.1, -0.05) is 24.9 Å². The van der Waals surface area contributed by atoms with Gasteiger partial charge in [-0.2, -0.15) is 0 Å². The van der Waals surface area contributed by atoms with Gasteiger partial charge in [0, 0.05) is 13.3 Å². The summed E-state index contributed by atoms with van der Waals surface area (Å²) in [7, 11) is 1.60. The maximum Gasteiger partial charge on any atom is 0.253 e. The Labute approximate surface area is 112 Å². The number of halogens is 1. The second-order valence-electron chi connectivity index (χ2n) is 4.00. The van der Waals surface area contributed by atoms with Crippen LogP contribution in [0.15, 0.2) is 12.3 Å². The van der Waals surface area contributed by atoms with E-state index < -0.39 is 0 Å². The molecule has 18 heavy (non-hydrogen) atoms. The summed E-state index contributed by atoms with van der Waals surface area (Å²) in [5, 5.41) is 3.16. The summed E-state index contributed by atoms with van der Waals surface area (Å²) in [6, 6.07) is 1.44. The summed E-state index contributed by atoms with van der Waals surface area (Å²) >= 11 is 5.92. The van der Waals surface area contributed by atoms with Gasteiger partial charge in [0.1, 0.15) is 5.82 Å². The molecule has 0 fully saturated rings. The summed E-state index contributed by atoms with van der Waals surface area (Å²) in [6.45, 7) is 2.52. The first-order valence-electron chi connectivity index (χ1n) is 5.79. The number of pyridine rings is 1. The van der Waals surface area contributed by atoms with Gasteiger partial charge in [0.15, 0.2) is 0 Å². The molecule has 1 heterocycles. The number of anilines is 1. The molecule has 0 saturated carbocycles. The fourth-order valence-electron chi connectivity index (χ4n) is 1.64. The maximum absolute atomic E-state index is 12.0. The van der Waals surface area contributed by atoms with E-state index in [1.54, 1.807) is 7.11 Å². The van der Waals surface area contributed by atoms with Crippen LogP contribution in [0.4, 0.5) is 5.82 Å². The molecule has 5 nitrogen and oxygen atoms in total. The minimum atomic E-state index is -0.260.